The van der Waals surface area contributed by atoms with Gasteiger partial charge in [-0.05, 0) is 25.0 Å². The average Bonchev–Trinajstić information content (AvgIpc) is 2.56. The molecule has 0 saturated heterocycles. The maximum atomic E-state index is 12.5. The number of ether oxygens (including phenoxy) is 1. The van der Waals surface area contributed by atoms with Gasteiger partial charge in [-0.1, -0.05) is 31.5 Å². The van der Waals surface area contributed by atoms with Crippen LogP contribution in [0.3, 0.4) is 0 Å². The SMILES string of the molecule is COCCNCCNC(=O)C(NS(=O)(=O)c1ccc(C)cc1)C(C)C. The molecule has 0 aromatic heterocycles. The van der Waals surface area contributed by atoms with E-state index >= 15 is 0 Å². The largest absolute Gasteiger partial charge is 0.383 e. The maximum absolute atomic E-state index is 12.5. The lowest BCUT2D eigenvalue weighted by Crippen LogP contribution is -2.50. The molecule has 0 radical (unpaired) electrons. The van der Waals surface area contributed by atoms with Gasteiger partial charge in [0, 0.05) is 26.7 Å². The topological polar surface area (TPSA) is 96.5 Å². The Bertz CT molecular complexity index is 630. The molecule has 1 amide bonds. The van der Waals surface area contributed by atoms with Crippen molar-refractivity contribution in [2.75, 3.05) is 33.4 Å². The van der Waals surface area contributed by atoms with Crippen molar-refractivity contribution in [1.29, 1.82) is 0 Å². The van der Waals surface area contributed by atoms with Crippen LogP contribution in [0.25, 0.3) is 0 Å². The van der Waals surface area contributed by atoms with Gasteiger partial charge in [-0.25, -0.2) is 8.42 Å². The summed E-state index contributed by atoms with van der Waals surface area (Å²) in [6, 6.07) is 5.69. The van der Waals surface area contributed by atoms with Crippen molar-refractivity contribution in [2.45, 2.75) is 31.7 Å². The smallest absolute Gasteiger partial charge is 0.241 e. The predicted octanol–water partition coefficient (Wildman–Crippen LogP) is 0.650. The van der Waals surface area contributed by atoms with Gasteiger partial charge in [-0.2, -0.15) is 4.72 Å². The van der Waals surface area contributed by atoms with Gasteiger partial charge in [0.2, 0.25) is 15.9 Å². The lowest BCUT2D eigenvalue weighted by Gasteiger charge is -2.21. The molecule has 3 N–H and O–H groups in total. The first-order valence-electron chi connectivity index (χ1n) is 8.34. The normalized spacial score (nSPS) is 13.0. The second kappa shape index (κ2) is 10.5. The highest BCUT2D eigenvalue weighted by molar-refractivity contribution is 7.89. The van der Waals surface area contributed by atoms with Gasteiger partial charge < -0.3 is 15.4 Å². The highest BCUT2D eigenvalue weighted by atomic mass is 32.2. The predicted molar refractivity (Wildman–Crippen MR) is 97.9 cm³/mol. The molecule has 1 atom stereocenters. The van der Waals surface area contributed by atoms with E-state index in [1.54, 1.807) is 33.1 Å². The average molecular weight is 372 g/mol. The minimum Gasteiger partial charge on any atom is -0.383 e. The van der Waals surface area contributed by atoms with Crippen LogP contribution in [0.5, 0.6) is 0 Å². The molecule has 0 fully saturated rings. The molecule has 1 aromatic rings. The lowest BCUT2D eigenvalue weighted by atomic mass is 10.1. The summed E-state index contributed by atoms with van der Waals surface area (Å²) in [6.07, 6.45) is 0. The van der Waals surface area contributed by atoms with Crippen molar-refractivity contribution in [3.8, 4) is 0 Å². The van der Waals surface area contributed by atoms with Crippen LogP contribution in [0.1, 0.15) is 19.4 Å². The summed E-state index contributed by atoms with van der Waals surface area (Å²) >= 11 is 0. The number of hydrogen-bond donors (Lipinski definition) is 3. The van der Waals surface area contributed by atoms with Crippen LogP contribution in [0.15, 0.2) is 29.2 Å². The van der Waals surface area contributed by atoms with Crippen LogP contribution in [0.4, 0.5) is 0 Å². The fourth-order valence-electron chi connectivity index (χ4n) is 2.13. The summed E-state index contributed by atoms with van der Waals surface area (Å²) in [6.45, 7) is 7.79. The van der Waals surface area contributed by atoms with Crippen LogP contribution in [-0.4, -0.2) is 53.7 Å². The molecule has 1 unspecified atom stereocenters. The highest BCUT2D eigenvalue weighted by Crippen LogP contribution is 2.13. The highest BCUT2D eigenvalue weighted by Gasteiger charge is 2.28. The Kier molecular flexibility index (Phi) is 9.05. The van der Waals surface area contributed by atoms with E-state index in [4.69, 9.17) is 4.74 Å². The van der Waals surface area contributed by atoms with Crippen LogP contribution < -0.4 is 15.4 Å². The molecule has 0 aliphatic rings. The third-order valence-corrected chi connectivity index (χ3v) is 5.10. The molecule has 142 valence electrons. The Morgan fingerprint density at radius 1 is 1.12 bits per heavy atom. The fourth-order valence-corrected chi connectivity index (χ4v) is 3.47. The molecule has 0 heterocycles. The van der Waals surface area contributed by atoms with Crippen molar-refractivity contribution < 1.29 is 17.9 Å². The quantitative estimate of drug-likeness (QED) is 0.496. The zero-order valence-corrected chi connectivity index (χ0v) is 16.2. The number of sulfonamides is 1. The number of nitrogens with one attached hydrogen (secondary N) is 3. The Morgan fingerprint density at radius 2 is 1.76 bits per heavy atom. The summed E-state index contributed by atoms with van der Waals surface area (Å²) in [4.78, 5) is 12.5. The number of benzene rings is 1. The first-order chi connectivity index (χ1) is 11.8. The molecule has 8 heteroatoms. The monoisotopic (exact) mass is 371 g/mol. The van der Waals surface area contributed by atoms with Crippen LogP contribution in [0.2, 0.25) is 0 Å². The van der Waals surface area contributed by atoms with Gasteiger partial charge in [0.15, 0.2) is 0 Å². The minimum absolute atomic E-state index is 0.151. The Hall–Kier alpha value is -1.48. The second-order valence-corrected chi connectivity index (χ2v) is 7.90. The third-order valence-electron chi connectivity index (χ3n) is 3.65. The number of rotatable bonds is 11. The number of aryl methyl sites for hydroxylation is 1. The zero-order valence-electron chi connectivity index (χ0n) is 15.3. The minimum atomic E-state index is -3.75. The van der Waals surface area contributed by atoms with E-state index in [1.807, 2.05) is 6.92 Å². The molecule has 25 heavy (non-hydrogen) atoms. The van der Waals surface area contributed by atoms with E-state index in [-0.39, 0.29) is 16.7 Å². The second-order valence-electron chi connectivity index (χ2n) is 6.19. The lowest BCUT2D eigenvalue weighted by molar-refractivity contribution is -0.123. The Balaban J connectivity index is 2.63. The number of carbonyl (C=O) groups excluding carboxylic acids is 1. The molecular weight excluding hydrogens is 342 g/mol. The van der Waals surface area contributed by atoms with Crippen molar-refractivity contribution in [2.24, 2.45) is 5.92 Å². The summed E-state index contributed by atoms with van der Waals surface area (Å²) < 4.78 is 32.4. The first-order valence-corrected chi connectivity index (χ1v) is 9.82. The molecular formula is C17H29N3O4S. The van der Waals surface area contributed by atoms with E-state index in [0.29, 0.717) is 26.2 Å². The number of hydrogen-bond acceptors (Lipinski definition) is 5. The number of methoxy groups -OCH3 is 1. The summed E-state index contributed by atoms with van der Waals surface area (Å²) in [5.74, 6) is -0.513. The van der Waals surface area contributed by atoms with E-state index in [0.717, 1.165) is 5.56 Å². The molecule has 0 aliphatic carbocycles. The summed E-state index contributed by atoms with van der Waals surface area (Å²) in [5, 5.41) is 5.87. The van der Waals surface area contributed by atoms with Gasteiger partial charge in [-0.3, -0.25) is 4.79 Å². The van der Waals surface area contributed by atoms with Crippen molar-refractivity contribution >= 4 is 15.9 Å². The molecule has 1 aromatic carbocycles. The third kappa shape index (κ3) is 7.52. The van der Waals surface area contributed by atoms with Crippen LogP contribution in [0, 0.1) is 12.8 Å². The van der Waals surface area contributed by atoms with Gasteiger partial charge in [0.1, 0.15) is 6.04 Å². The first kappa shape index (κ1) is 21.6. The Morgan fingerprint density at radius 3 is 2.32 bits per heavy atom. The van der Waals surface area contributed by atoms with E-state index in [9.17, 15) is 13.2 Å². The molecule has 0 saturated carbocycles. The number of carbonyl (C=O) groups is 1. The zero-order chi connectivity index (χ0) is 18.9. The molecule has 0 aliphatic heterocycles. The summed E-state index contributed by atoms with van der Waals surface area (Å²) in [7, 11) is -2.13. The molecule has 1 rings (SSSR count). The molecule has 7 nitrogen and oxygen atoms in total. The Labute approximate surface area is 150 Å². The van der Waals surface area contributed by atoms with E-state index < -0.39 is 16.1 Å². The van der Waals surface area contributed by atoms with Gasteiger partial charge >= 0.3 is 0 Å². The van der Waals surface area contributed by atoms with E-state index in [1.165, 1.54) is 12.1 Å². The molecule has 0 spiro atoms. The van der Waals surface area contributed by atoms with Crippen molar-refractivity contribution in [3.05, 3.63) is 29.8 Å². The standard InChI is InChI=1S/C17H29N3O4S/c1-13(2)16(17(21)19-10-9-18-11-12-24-4)20-25(22,23)15-7-5-14(3)6-8-15/h5-8,13,16,18,20H,9-12H2,1-4H3,(H,19,21). The van der Waals surface area contributed by atoms with Crippen molar-refractivity contribution in [1.82, 2.24) is 15.4 Å². The fraction of sp³-hybridized carbons (Fsp3) is 0.588. The summed E-state index contributed by atoms with van der Waals surface area (Å²) in [5.41, 5.74) is 0.970. The van der Waals surface area contributed by atoms with Crippen molar-refractivity contribution in [3.63, 3.8) is 0 Å². The van der Waals surface area contributed by atoms with Gasteiger partial charge in [0.25, 0.3) is 0 Å². The van der Waals surface area contributed by atoms with Gasteiger partial charge in [0.05, 0.1) is 11.5 Å². The maximum Gasteiger partial charge on any atom is 0.241 e. The van der Waals surface area contributed by atoms with Gasteiger partial charge in [-0.15, -0.1) is 0 Å². The molecule has 0 bridgehead atoms. The number of amides is 1. The van der Waals surface area contributed by atoms with Crippen LogP contribution in [-0.2, 0) is 19.6 Å². The van der Waals surface area contributed by atoms with E-state index in [2.05, 4.69) is 15.4 Å². The van der Waals surface area contributed by atoms with Crippen LogP contribution >= 0.6 is 0 Å².